The van der Waals surface area contributed by atoms with Crippen LogP contribution in [-0.2, 0) is 17.8 Å². The predicted molar refractivity (Wildman–Crippen MR) is 164 cm³/mol. The maximum Gasteiger partial charge on any atom is 0.228 e. The van der Waals surface area contributed by atoms with Crippen molar-refractivity contribution in [1.82, 2.24) is 10.2 Å². The largest absolute Gasteiger partial charge is 0.335 e. The van der Waals surface area contributed by atoms with E-state index in [0.29, 0.717) is 24.4 Å². The van der Waals surface area contributed by atoms with Crippen molar-refractivity contribution in [2.24, 2.45) is 11.8 Å². The van der Waals surface area contributed by atoms with Gasteiger partial charge in [-0.1, -0.05) is 103 Å². The Balaban J connectivity index is 1.36. The number of amides is 1. The summed E-state index contributed by atoms with van der Waals surface area (Å²) < 4.78 is 0. The van der Waals surface area contributed by atoms with E-state index < -0.39 is 0 Å². The highest BCUT2D eigenvalue weighted by Gasteiger charge is 2.43. The fourth-order valence-corrected chi connectivity index (χ4v) is 6.58. The van der Waals surface area contributed by atoms with Gasteiger partial charge in [-0.25, -0.2) is 0 Å². The third-order valence-corrected chi connectivity index (χ3v) is 9.08. The summed E-state index contributed by atoms with van der Waals surface area (Å²) in [7, 11) is 0. The molecule has 1 saturated carbocycles. The monoisotopic (exact) mass is 528 g/mol. The van der Waals surface area contributed by atoms with Crippen LogP contribution in [0.1, 0.15) is 46.6 Å². The van der Waals surface area contributed by atoms with Crippen LogP contribution < -0.4 is 5.32 Å². The van der Waals surface area contributed by atoms with Crippen molar-refractivity contribution in [3.8, 4) is 11.1 Å². The van der Waals surface area contributed by atoms with Crippen LogP contribution in [0, 0.1) is 25.7 Å². The minimum atomic E-state index is -0.0980. The van der Waals surface area contributed by atoms with Crippen LogP contribution in [0.3, 0.4) is 0 Å². The molecule has 0 radical (unpaired) electrons. The van der Waals surface area contributed by atoms with Crippen molar-refractivity contribution in [1.29, 1.82) is 0 Å². The number of aryl methyl sites for hydroxylation is 1. The summed E-state index contributed by atoms with van der Waals surface area (Å²) in [6.07, 6.45) is 3.18. The molecular formula is C37H40N2O. The van der Waals surface area contributed by atoms with Gasteiger partial charge in [0.25, 0.3) is 0 Å². The number of carbonyl (C=O) groups excluding carboxylic acids is 1. The zero-order chi connectivity index (χ0) is 27.5. The number of carbonyl (C=O) groups is 1. The second-order valence-corrected chi connectivity index (χ2v) is 11.8. The van der Waals surface area contributed by atoms with Crippen molar-refractivity contribution in [3.05, 3.63) is 131 Å². The molecule has 0 spiro atoms. The number of benzene rings is 4. The number of nitrogens with zero attached hydrogens (tertiary/aromatic N) is 1. The van der Waals surface area contributed by atoms with Crippen molar-refractivity contribution in [3.63, 3.8) is 0 Å². The van der Waals surface area contributed by atoms with Gasteiger partial charge in [-0.3, -0.25) is 4.79 Å². The molecule has 0 bridgehead atoms. The van der Waals surface area contributed by atoms with Crippen molar-refractivity contribution in [2.75, 3.05) is 13.1 Å². The average molecular weight is 529 g/mol. The van der Waals surface area contributed by atoms with Crippen LogP contribution in [0.25, 0.3) is 11.1 Å². The molecule has 204 valence electrons. The molecule has 2 fully saturated rings. The molecule has 3 nitrogen and oxygen atoms in total. The number of rotatable bonds is 8. The van der Waals surface area contributed by atoms with Gasteiger partial charge >= 0.3 is 0 Å². The first-order valence-electron chi connectivity index (χ1n) is 14.8. The van der Waals surface area contributed by atoms with E-state index in [1.807, 2.05) is 0 Å². The van der Waals surface area contributed by atoms with Crippen molar-refractivity contribution >= 4 is 5.91 Å². The van der Waals surface area contributed by atoms with Gasteiger partial charge in [0.1, 0.15) is 0 Å². The normalized spacial score (nSPS) is 20.7. The van der Waals surface area contributed by atoms with Gasteiger partial charge in [-0.2, -0.15) is 0 Å². The molecule has 1 heterocycles. The summed E-state index contributed by atoms with van der Waals surface area (Å²) in [6, 6.07) is 37.2. The highest BCUT2D eigenvalue weighted by molar-refractivity contribution is 5.81. The molecule has 1 aliphatic carbocycles. The number of hydrogen-bond donors (Lipinski definition) is 1. The standard InChI is InChI=1S/C37H40N2O/c1-26-11-9-18-32(27(26)2)25-39(34-19-20-34)37(40)35-24-38-23-33(21-28-12-5-3-6-13-28)36(35)31-17-10-16-30(22-31)29-14-7-4-8-15-29/h3-18,22,33-36,38H,19-21,23-25H2,1-2H3/t33-,35+,36+/m1/s1. The Kier molecular flexibility index (Phi) is 7.84. The van der Waals surface area contributed by atoms with E-state index in [0.717, 1.165) is 32.4 Å². The third-order valence-electron chi connectivity index (χ3n) is 9.08. The number of piperidine rings is 1. The molecule has 4 aromatic carbocycles. The highest BCUT2D eigenvalue weighted by atomic mass is 16.2. The Morgan fingerprint density at radius 2 is 1.50 bits per heavy atom. The van der Waals surface area contributed by atoms with Crippen LogP contribution in [0.5, 0.6) is 0 Å². The number of nitrogens with one attached hydrogen (secondary N) is 1. The first-order valence-corrected chi connectivity index (χ1v) is 14.8. The molecule has 1 amide bonds. The first kappa shape index (κ1) is 26.5. The topological polar surface area (TPSA) is 32.3 Å². The van der Waals surface area contributed by atoms with E-state index >= 15 is 0 Å². The molecule has 2 aliphatic rings. The second kappa shape index (κ2) is 11.8. The lowest BCUT2D eigenvalue weighted by Crippen LogP contribution is -2.50. The Morgan fingerprint density at radius 3 is 2.25 bits per heavy atom. The Hall–Kier alpha value is -3.69. The molecule has 0 unspecified atom stereocenters. The second-order valence-electron chi connectivity index (χ2n) is 11.8. The molecule has 40 heavy (non-hydrogen) atoms. The summed E-state index contributed by atoms with van der Waals surface area (Å²) in [5.74, 6) is 0.693. The van der Waals surface area contributed by atoms with Crippen LogP contribution >= 0.6 is 0 Å². The van der Waals surface area contributed by atoms with Gasteiger partial charge in [0.15, 0.2) is 0 Å². The van der Waals surface area contributed by atoms with E-state index in [4.69, 9.17) is 0 Å². The molecule has 3 atom stereocenters. The molecule has 3 heteroatoms. The summed E-state index contributed by atoms with van der Waals surface area (Å²) in [5.41, 5.74) is 8.92. The van der Waals surface area contributed by atoms with E-state index in [1.54, 1.807) is 0 Å². The van der Waals surface area contributed by atoms with E-state index in [2.05, 4.69) is 127 Å². The van der Waals surface area contributed by atoms with Gasteiger partial charge in [0.05, 0.1) is 5.92 Å². The van der Waals surface area contributed by atoms with Gasteiger partial charge in [0.2, 0.25) is 5.91 Å². The maximum atomic E-state index is 14.6. The van der Waals surface area contributed by atoms with Crippen LogP contribution in [-0.4, -0.2) is 29.9 Å². The Morgan fingerprint density at radius 1 is 0.800 bits per heavy atom. The zero-order valence-electron chi connectivity index (χ0n) is 23.7. The van der Waals surface area contributed by atoms with E-state index in [9.17, 15) is 4.79 Å². The number of hydrogen-bond acceptors (Lipinski definition) is 2. The van der Waals surface area contributed by atoms with E-state index in [1.165, 1.54) is 38.9 Å². The van der Waals surface area contributed by atoms with Gasteiger partial charge < -0.3 is 10.2 Å². The smallest absolute Gasteiger partial charge is 0.228 e. The fraction of sp³-hybridized carbons (Fsp3) is 0.324. The molecule has 4 aromatic rings. The summed E-state index contributed by atoms with van der Waals surface area (Å²) in [4.78, 5) is 16.8. The third kappa shape index (κ3) is 5.76. The predicted octanol–water partition coefficient (Wildman–Crippen LogP) is 7.32. The molecule has 1 N–H and O–H groups in total. The van der Waals surface area contributed by atoms with Gasteiger partial charge in [-0.15, -0.1) is 0 Å². The van der Waals surface area contributed by atoms with E-state index in [-0.39, 0.29) is 11.8 Å². The lowest BCUT2D eigenvalue weighted by atomic mass is 9.71. The molecular weight excluding hydrogens is 488 g/mol. The van der Waals surface area contributed by atoms with Crippen LogP contribution in [0.15, 0.2) is 103 Å². The van der Waals surface area contributed by atoms with Gasteiger partial charge in [-0.05, 0) is 84.5 Å². The van der Waals surface area contributed by atoms with Crippen molar-refractivity contribution in [2.45, 2.75) is 51.6 Å². The van der Waals surface area contributed by atoms with Crippen molar-refractivity contribution < 1.29 is 4.79 Å². The summed E-state index contributed by atoms with van der Waals surface area (Å²) >= 11 is 0. The Labute approximate surface area is 239 Å². The molecule has 1 aliphatic heterocycles. The quantitative estimate of drug-likeness (QED) is 0.260. The van der Waals surface area contributed by atoms with Crippen LogP contribution in [0.2, 0.25) is 0 Å². The fourth-order valence-electron chi connectivity index (χ4n) is 6.58. The lowest BCUT2D eigenvalue weighted by Gasteiger charge is -2.41. The molecule has 6 rings (SSSR count). The minimum absolute atomic E-state index is 0.0980. The summed E-state index contributed by atoms with van der Waals surface area (Å²) in [5, 5.41) is 3.68. The van der Waals surface area contributed by atoms with Gasteiger partial charge in [0, 0.05) is 25.0 Å². The highest BCUT2D eigenvalue weighted by Crippen LogP contribution is 2.41. The SMILES string of the molecule is Cc1cccc(CN(C(=O)[C@H]2CNC[C@@H](Cc3ccccc3)[C@@H]2c2cccc(-c3ccccc3)c2)C2CC2)c1C. The molecule has 0 aromatic heterocycles. The Bertz CT molecular complexity index is 1440. The molecule has 1 saturated heterocycles. The average Bonchev–Trinajstić information content (AvgIpc) is 3.84. The van der Waals surface area contributed by atoms with Crippen LogP contribution in [0.4, 0.5) is 0 Å². The zero-order valence-corrected chi connectivity index (χ0v) is 23.7. The first-order chi connectivity index (χ1) is 19.6. The summed E-state index contributed by atoms with van der Waals surface area (Å²) in [6.45, 7) is 6.70. The lowest BCUT2D eigenvalue weighted by molar-refractivity contribution is -0.138. The maximum absolute atomic E-state index is 14.6. The minimum Gasteiger partial charge on any atom is -0.335 e.